The molecule has 1 unspecified atom stereocenters. The Hall–Kier alpha value is -2.89. The first-order chi connectivity index (χ1) is 28.8. The molecule has 4 atom stereocenters. The van der Waals surface area contributed by atoms with Gasteiger partial charge in [0.15, 0.2) is 6.10 Å². The van der Waals surface area contributed by atoms with Gasteiger partial charge in [0.25, 0.3) is 0 Å². The van der Waals surface area contributed by atoms with Gasteiger partial charge >= 0.3 is 19.8 Å². The van der Waals surface area contributed by atoms with Crippen LogP contribution in [-0.2, 0) is 32.7 Å². The van der Waals surface area contributed by atoms with Crippen molar-refractivity contribution >= 4 is 19.8 Å². The average molecular weight is 865 g/mol. The molecule has 0 fully saturated rings. The first kappa shape index (κ1) is 57.1. The fraction of sp³-hybridized carbons (Fsp3) is 0.667. The molecule has 344 valence electrons. The van der Waals surface area contributed by atoms with E-state index in [1.54, 1.807) is 36.5 Å². The molecule has 0 amide bonds. The van der Waals surface area contributed by atoms with Crippen molar-refractivity contribution in [3.05, 3.63) is 85.1 Å². The van der Waals surface area contributed by atoms with Crippen molar-refractivity contribution in [2.75, 3.05) is 47.5 Å². The lowest BCUT2D eigenvalue weighted by molar-refractivity contribution is -0.870. The smallest absolute Gasteiger partial charge is 0.462 e. The Balaban J connectivity index is 4.66. The molecule has 0 radical (unpaired) electrons. The normalized spacial score (nSPS) is 15.4. The molecular formula is C48H83NO10P+. The highest BCUT2D eigenvalue weighted by Gasteiger charge is 2.27. The molecule has 0 bridgehead atoms. The number of hydrogen-bond donors (Lipinski definition) is 3. The Bertz CT molecular complexity index is 1330. The summed E-state index contributed by atoms with van der Waals surface area (Å²) in [4.78, 5) is 35.4. The van der Waals surface area contributed by atoms with Gasteiger partial charge in [-0.25, -0.2) is 4.57 Å². The van der Waals surface area contributed by atoms with E-state index in [0.717, 1.165) is 51.4 Å². The maximum Gasteiger partial charge on any atom is 0.472 e. The number of aliphatic hydroxyl groups excluding tert-OH is 2. The van der Waals surface area contributed by atoms with E-state index in [1.807, 2.05) is 27.2 Å². The van der Waals surface area contributed by atoms with Crippen molar-refractivity contribution < 1.29 is 52.3 Å². The molecule has 0 aliphatic carbocycles. The predicted octanol–water partition coefficient (Wildman–Crippen LogP) is 10.7. The second-order valence-corrected chi connectivity index (χ2v) is 17.6. The second-order valence-electron chi connectivity index (χ2n) is 16.1. The number of phosphoric acid groups is 1. The van der Waals surface area contributed by atoms with E-state index in [-0.39, 0.29) is 26.1 Å². The number of allylic oxidation sites excluding steroid dienone is 11. The highest BCUT2D eigenvalue weighted by molar-refractivity contribution is 7.47. The number of quaternary nitrogens is 1. The van der Waals surface area contributed by atoms with Gasteiger partial charge in [-0.15, -0.1) is 0 Å². The first-order valence-electron chi connectivity index (χ1n) is 22.5. The van der Waals surface area contributed by atoms with Gasteiger partial charge in [0, 0.05) is 12.8 Å². The van der Waals surface area contributed by atoms with E-state index in [4.69, 9.17) is 18.5 Å². The van der Waals surface area contributed by atoms with Crippen LogP contribution in [0.2, 0.25) is 0 Å². The maximum atomic E-state index is 12.7. The molecular weight excluding hydrogens is 781 g/mol. The van der Waals surface area contributed by atoms with E-state index >= 15 is 0 Å². The van der Waals surface area contributed by atoms with Crippen LogP contribution in [0.4, 0.5) is 0 Å². The predicted molar refractivity (Wildman–Crippen MR) is 245 cm³/mol. The third-order valence-electron chi connectivity index (χ3n) is 9.09. The molecule has 0 aliphatic rings. The molecule has 0 aromatic rings. The Morgan fingerprint density at radius 3 is 1.75 bits per heavy atom. The summed E-state index contributed by atoms with van der Waals surface area (Å²) in [5.74, 6) is -1.07. The standard InChI is InChI=1S/C48H82NO10P/c1-6-8-10-12-14-15-16-17-18-19-20-21-22-23-24-26-32-38-48(53)59-46(43-58-60(54,55)57-41-40-49(3,4)5)42-56-47(52)39-33-37-45(51)36-31-28-27-30-35-44(50)34-29-25-13-11-9-7-2/h14-15,17-18,20-21,25,27-31,35-36,44-46,50-51H,6-13,16,19,22-24,26,32-34,37-43H2,1-5H3/p+1/b15-14-,18-17-,21-20-,28-27+,29-25-,35-30+,36-31-/t44-,45-,46-/m1/s1. The fourth-order valence-corrected chi connectivity index (χ4v) is 6.19. The lowest BCUT2D eigenvalue weighted by Gasteiger charge is -2.24. The van der Waals surface area contributed by atoms with Gasteiger partial charge in [0.1, 0.15) is 19.8 Å². The number of ether oxygens (including phenoxy) is 2. The van der Waals surface area contributed by atoms with Crippen LogP contribution in [0, 0.1) is 0 Å². The Labute approximate surface area is 364 Å². The number of likely N-dealkylation sites (N-methyl/N-ethyl adjacent to an activating group) is 1. The van der Waals surface area contributed by atoms with Gasteiger partial charge in [-0.1, -0.05) is 137 Å². The maximum absolute atomic E-state index is 12.7. The van der Waals surface area contributed by atoms with E-state index < -0.39 is 44.7 Å². The number of unbranched alkanes of at least 4 members (excludes halogenated alkanes) is 10. The zero-order valence-electron chi connectivity index (χ0n) is 37.9. The summed E-state index contributed by atoms with van der Waals surface area (Å²) in [6.07, 6.45) is 42.6. The zero-order chi connectivity index (χ0) is 44.6. The number of rotatable bonds is 39. The summed E-state index contributed by atoms with van der Waals surface area (Å²) >= 11 is 0. The first-order valence-corrected chi connectivity index (χ1v) is 24.0. The molecule has 12 heteroatoms. The lowest BCUT2D eigenvalue weighted by atomic mass is 10.1. The molecule has 60 heavy (non-hydrogen) atoms. The lowest BCUT2D eigenvalue weighted by Crippen LogP contribution is -2.37. The third kappa shape index (κ3) is 41.8. The highest BCUT2D eigenvalue weighted by atomic mass is 31.2. The molecule has 0 aromatic carbocycles. The van der Waals surface area contributed by atoms with Crippen LogP contribution >= 0.6 is 7.82 Å². The Morgan fingerprint density at radius 2 is 1.15 bits per heavy atom. The van der Waals surface area contributed by atoms with Crippen molar-refractivity contribution in [2.45, 2.75) is 161 Å². The van der Waals surface area contributed by atoms with Crippen LogP contribution in [0.25, 0.3) is 0 Å². The monoisotopic (exact) mass is 865 g/mol. The van der Waals surface area contributed by atoms with Crippen LogP contribution in [-0.4, -0.2) is 97.3 Å². The minimum absolute atomic E-state index is 0.0173. The van der Waals surface area contributed by atoms with Crippen LogP contribution in [0.1, 0.15) is 142 Å². The summed E-state index contributed by atoms with van der Waals surface area (Å²) < 4.78 is 34.1. The number of aliphatic hydroxyl groups is 2. The van der Waals surface area contributed by atoms with Crippen molar-refractivity contribution in [3.8, 4) is 0 Å². The number of nitrogens with zero attached hydrogens (tertiary/aromatic N) is 1. The van der Waals surface area contributed by atoms with Gasteiger partial charge in [-0.3, -0.25) is 18.6 Å². The van der Waals surface area contributed by atoms with Gasteiger partial charge < -0.3 is 29.1 Å². The largest absolute Gasteiger partial charge is 0.472 e. The number of esters is 2. The summed E-state index contributed by atoms with van der Waals surface area (Å²) in [5.41, 5.74) is 0. The van der Waals surface area contributed by atoms with Crippen LogP contribution < -0.4 is 0 Å². The number of carbonyl (C=O) groups is 2. The summed E-state index contributed by atoms with van der Waals surface area (Å²) in [6.45, 7) is 4.00. The van der Waals surface area contributed by atoms with Gasteiger partial charge in [-0.05, 0) is 77.0 Å². The van der Waals surface area contributed by atoms with Crippen LogP contribution in [0.3, 0.4) is 0 Å². The summed E-state index contributed by atoms with van der Waals surface area (Å²) in [5, 5.41) is 20.3. The van der Waals surface area contributed by atoms with Crippen molar-refractivity contribution in [3.63, 3.8) is 0 Å². The molecule has 3 N–H and O–H groups in total. The van der Waals surface area contributed by atoms with E-state index in [2.05, 4.69) is 56.4 Å². The summed E-state index contributed by atoms with van der Waals surface area (Å²) in [6, 6.07) is 0. The summed E-state index contributed by atoms with van der Waals surface area (Å²) in [7, 11) is 1.31. The molecule has 0 saturated carbocycles. The quantitative estimate of drug-likeness (QED) is 0.0136. The minimum atomic E-state index is -4.45. The van der Waals surface area contributed by atoms with Gasteiger partial charge in [-0.2, -0.15) is 0 Å². The Morgan fingerprint density at radius 1 is 0.617 bits per heavy atom. The SMILES string of the molecule is CCCCC/C=C\C/C=C\C/C=C\CCCCCCC(=O)O[C@H](COC(=O)CCC[C@H](O)\C=C/C=C/C=C/[C@H](O)C/C=C\CCCCC)COP(=O)(O)OCC[N+](C)(C)C. The second kappa shape index (κ2) is 39.0. The molecule has 0 rings (SSSR count). The topological polar surface area (TPSA) is 149 Å². The fourth-order valence-electron chi connectivity index (χ4n) is 5.45. The van der Waals surface area contributed by atoms with Gasteiger partial charge in [0.05, 0.1) is 40.0 Å². The minimum Gasteiger partial charge on any atom is -0.462 e. The molecule has 0 saturated heterocycles. The molecule has 0 aliphatic heterocycles. The Kier molecular flexibility index (Phi) is 37.1. The van der Waals surface area contributed by atoms with Crippen molar-refractivity contribution in [1.82, 2.24) is 0 Å². The molecule has 0 heterocycles. The van der Waals surface area contributed by atoms with E-state index in [9.17, 15) is 29.3 Å². The number of hydrogen-bond acceptors (Lipinski definition) is 9. The van der Waals surface area contributed by atoms with Crippen LogP contribution in [0.5, 0.6) is 0 Å². The van der Waals surface area contributed by atoms with Gasteiger partial charge in [0.2, 0.25) is 0 Å². The third-order valence-corrected chi connectivity index (χ3v) is 10.1. The number of carbonyl (C=O) groups excluding carboxylic acids is 2. The van der Waals surface area contributed by atoms with E-state index in [0.29, 0.717) is 36.7 Å². The highest BCUT2D eigenvalue weighted by Crippen LogP contribution is 2.43. The average Bonchev–Trinajstić information content (AvgIpc) is 3.19. The molecule has 0 aromatic heterocycles. The van der Waals surface area contributed by atoms with E-state index in [1.165, 1.54) is 38.5 Å². The molecule has 0 spiro atoms. The van der Waals surface area contributed by atoms with Crippen molar-refractivity contribution in [2.24, 2.45) is 0 Å². The molecule has 11 nitrogen and oxygen atoms in total. The zero-order valence-corrected chi connectivity index (χ0v) is 38.8. The van der Waals surface area contributed by atoms with Crippen LogP contribution in [0.15, 0.2) is 85.1 Å². The number of phosphoric ester groups is 1. The van der Waals surface area contributed by atoms with Crippen molar-refractivity contribution in [1.29, 1.82) is 0 Å².